The topological polar surface area (TPSA) is 89.9 Å². The number of nitrogens with two attached hydrogens (primary N) is 1. The van der Waals surface area contributed by atoms with E-state index in [1.807, 2.05) is 24.0 Å². The van der Waals surface area contributed by atoms with Gasteiger partial charge in [0.15, 0.2) is 0 Å². The molecule has 0 radical (unpaired) electrons. The van der Waals surface area contributed by atoms with Crippen LogP contribution in [0.15, 0.2) is 65.6 Å². The molecular formula is C21H19F3N6OS. The molecule has 2 N–H and O–H groups in total. The second kappa shape index (κ2) is 8.65. The monoisotopic (exact) mass is 460 g/mol. The number of primary amides is 1. The van der Waals surface area contributed by atoms with E-state index in [-0.39, 0.29) is 11.9 Å². The molecule has 0 saturated carbocycles. The van der Waals surface area contributed by atoms with E-state index in [4.69, 9.17) is 5.73 Å². The molecule has 4 rings (SSSR count). The molecule has 1 amide bonds. The second-order valence-electron chi connectivity index (χ2n) is 7.27. The summed E-state index contributed by atoms with van der Waals surface area (Å²) in [6, 6.07) is 8.69. The van der Waals surface area contributed by atoms with Crippen LogP contribution in [-0.2, 0) is 24.1 Å². The summed E-state index contributed by atoms with van der Waals surface area (Å²) in [6.45, 7) is 2.59. The first-order chi connectivity index (χ1) is 15.2. The van der Waals surface area contributed by atoms with Crippen LogP contribution in [0.4, 0.5) is 13.2 Å². The lowest BCUT2D eigenvalue weighted by atomic mass is 10.1. The molecular weight excluding hydrogens is 441 g/mol. The van der Waals surface area contributed by atoms with E-state index < -0.39 is 17.6 Å². The third-order valence-corrected chi connectivity index (χ3v) is 6.46. The summed E-state index contributed by atoms with van der Waals surface area (Å²) in [4.78, 5) is 18.5. The summed E-state index contributed by atoms with van der Waals surface area (Å²) in [5.74, 6) is -0.511. The van der Waals surface area contributed by atoms with Crippen LogP contribution in [0.2, 0.25) is 0 Å². The molecule has 1 atom stereocenters. The van der Waals surface area contributed by atoms with Crippen LogP contribution < -0.4 is 5.73 Å². The van der Waals surface area contributed by atoms with E-state index in [0.29, 0.717) is 22.7 Å². The lowest BCUT2D eigenvalue weighted by molar-refractivity contribution is -0.137. The van der Waals surface area contributed by atoms with Gasteiger partial charge in [-0.15, -0.1) is 5.10 Å². The molecule has 11 heteroatoms. The molecule has 2 aromatic heterocycles. The van der Waals surface area contributed by atoms with Gasteiger partial charge in [-0.05, 0) is 36.2 Å². The van der Waals surface area contributed by atoms with Gasteiger partial charge in [0.05, 0.1) is 23.2 Å². The summed E-state index contributed by atoms with van der Waals surface area (Å²) in [5, 5.41) is 8.05. The Balaban J connectivity index is 1.54. The van der Waals surface area contributed by atoms with Gasteiger partial charge in [-0.1, -0.05) is 35.2 Å². The molecule has 0 bridgehead atoms. The van der Waals surface area contributed by atoms with Crippen molar-refractivity contribution in [2.75, 3.05) is 0 Å². The van der Waals surface area contributed by atoms with Gasteiger partial charge in [-0.25, -0.2) is 4.68 Å². The fourth-order valence-corrected chi connectivity index (χ4v) is 4.62. The number of rotatable bonds is 6. The Morgan fingerprint density at radius 1 is 1.16 bits per heavy atom. The first-order valence-corrected chi connectivity index (χ1v) is 10.5. The minimum atomic E-state index is -4.38. The normalized spacial score (nSPS) is 16.6. The van der Waals surface area contributed by atoms with Gasteiger partial charge in [-0.2, -0.15) is 13.2 Å². The van der Waals surface area contributed by atoms with Crippen LogP contribution in [-0.4, -0.2) is 30.8 Å². The van der Waals surface area contributed by atoms with Gasteiger partial charge in [0.25, 0.3) is 5.91 Å². The molecule has 1 aliphatic rings. The summed E-state index contributed by atoms with van der Waals surface area (Å²) in [6.07, 6.45) is 0.783. The number of alkyl halides is 3. The Kier molecular flexibility index (Phi) is 5.92. The van der Waals surface area contributed by atoms with Crippen LogP contribution in [0.25, 0.3) is 0 Å². The number of thioether (sulfide) groups is 1. The molecule has 1 unspecified atom stereocenters. The zero-order valence-electron chi connectivity index (χ0n) is 17.0. The third kappa shape index (κ3) is 4.62. The summed E-state index contributed by atoms with van der Waals surface area (Å²) in [5.41, 5.74) is 7.83. The van der Waals surface area contributed by atoms with Crippen molar-refractivity contribution in [2.45, 2.75) is 31.6 Å². The summed E-state index contributed by atoms with van der Waals surface area (Å²) < 4.78 is 39.8. The van der Waals surface area contributed by atoms with Crippen LogP contribution >= 0.6 is 11.8 Å². The Labute approximate surface area is 186 Å². The molecule has 0 spiro atoms. The fourth-order valence-electron chi connectivity index (χ4n) is 3.40. The predicted octanol–water partition coefficient (Wildman–Crippen LogP) is 3.70. The molecule has 0 saturated heterocycles. The Bertz CT molecular complexity index is 1140. The van der Waals surface area contributed by atoms with Crippen LogP contribution in [0.1, 0.15) is 34.7 Å². The van der Waals surface area contributed by atoms with E-state index in [9.17, 15) is 18.0 Å². The zero-order chi connectivity index (χ0) is 22.9. The average Bonchev–Trinajstić information content (AvgIpc) is 3.33. The number of aromatic nitrogens is 4. The lowest BCUT2D eigenvalue weighted by Gasteiger charge is -2.26. The van der Waals surface area contributed by atoms with Gasteiger partial charge < -0.3 is 10.6 Å². The van der Waals surface area contributed by atoms with E-state index in [1.54, 1.807) is 23.3 Å². The maximum atomic E-state index is 12.8. The number of amides is 1. The van der Waals surface area contributed by atoms with Crippen molar-refractivity contribution in [3.05, 3.63) is 88.0 Å². The number of hydrogen-bond acceptors (Lipinski definition) is 6. The van der Waals surface area contributed by atoms with Gasteiger partial charge >= 0.3 is 6.18 Å². The first-order valence-electron chi connectivity index (χ1n) is 9.61. The molecule has 166 valence electrons. The van der Waals surface area contributed by atoms with E-state index in [1.165, 1.54) is 23.9 Å². The molecule has 32 heavy (non-hydrogen) atoms. The van der Waals surface area contributed by atoms with E-state index >= 15 is 0 Å². The van der Waals surface area contributed by atoms with E-state index in [0.717, 1.165) is 23.4 Å². The van der Waals surface area contributed by atoms with Crippen molar-refractivity contribution in [1.82, 2.24) is 24.9 Å². The predicted molar refractivity (Wildman–Crippen MR) is 113 cm³/mol. The first kappa shape index (κ1) is 21.9. The van der Waals surface area contributed by atoms with Crippen molar-refractivity contribution in [3.63, 3.8) is 0 Å². The fraction of sp³-hybridized carbons (Fsp3) is 0.238. The number of benzene rings is 1. The van der Waals surface area contributed by atoms with Crippen molar-refractivity contribution >= 4 is 17.7 Å². The maximum absolute atomic E-state index is 12.8. The third-order valence-electron chi connectivity index (χ3n) is 5.01. The van der Waals surface area contributed by atoms with Crippen molar-refractivity contribution in [2.24, 2.45) is 5.73 Å². The van der Waals surface area contributed by atoms with Crippen molar-refractivity contribution in [1.29, 1.82) is 0 Å². The number of allylic oxidation sites excluding steroid dienone is 1. The molecule has 0 aliphatic carbocycles. The summed E-state index contributed by atoms with van der Waals surface area (Å²) in [7, 11) is 0. The number of carbonyl (C=O) groups is 1. The second-order valence-corrected chi connectivity index (χ2v) is 8.36. The number of nitrogens with zero attached hydrogens (tertiary/aromatic N) is 5. The molecule has 7 nitrogen and oxygen atoms in total. The Morgan fingerprint density at radius 3 is 2.53 bits per heavy atom. The maximum Gasteiger partial charge on any atom is 0.416 e. The number of hydrogen-bond donors (Lipinski definition) is 1. The lowest BCUT2D eigenvalue weighted by Crippen LogP contribution is -2.22. The highest BCUT2D eigenvalue weighted by atomic mass is 32.2. The SMILES string of the molecule is CC1=C(C(N)=O)SC(c2cn(Cc3ccc(C(F)(F)F)cc3)nn2)N1Cc1cccnc1. The molecule has 0 fully saturated rings. The van der Waals surface area contributed by atoms with Crippen molar-refractivity contribution in [3.8, 4) is 0 Å². The van der Waals surface area contributed by atoms with Crippen LogP contribution in [0.5, 0.6) is 0 Å². The van der Waals surface area contributed by atoms with E-state index in [2.05, 4.69) is 15.3 Å². The number of halogens is 3. The van der Waals surface area contributed by atoms with Crippen LogP contribution in [0.3, 0.4) is 0 Å². The summed E-state index contributed by atoms with van der Waals surface area (Å²) >= 11 is 1.30. The molecule has 1 aliphatic heterocycles. The molecule has 3 heterocycles. The highest BCUT2D eigenvalue weighted by molar-refractivity contribution is 8.04. The highest BCUT2D eigenvalue weighted by Crippen LogP contribution is 2.47. The highest BCUT2D eigenvalue weighted by Gasteiger charge is 2.35. The Hall–Kier alpha value is -3.34. The van der Waals surface area contributed by atoms with Crippen molar-refractivity contribution < 1.29 is 18.0 Å². The molecule has 1 aromatic carbocycles. The minimum absolute atomic E-state index is 0.264. The van der Waals surface area contributed by atoms with Gasteiger partial charge in [0, 0.05) is 24.6 Å². The minimum Gasteiger partial charge on any atom is -0.365 e. The quantitative estimate of drug-likeness (QED) is 0.603. The standard InChI is InChI=1S/C21H19F3N6OS/c1-13-18(19(25)31)32-20(30(13)11-15-3-2-8-26-9-15)17-12-29(28-27-17)10-14-4-6-16(7-5-14)21(22,23)24/h2-9,12,20H,10-11H2,1H3,(H2,25,31). The average molecular weight is 460 g/mol. The number of pyridine rings is 1. The van der Waals surface area contributed by atoms with Gasteiger partial charge in [0.2, 0.25) is 0 Å². The molecule has 3 aromatic rings. The Morgan fingerprint density at radius 2 is 1.91 bits per heavy atom. The number of carbonyl (C=O) groups excluding carboxylic acids is 1. The smallest absolute Gasteiger partial charge is 0.365 e. The zero-order valence-corrected chi connectivity index (χ0v) is 17.8. The largest absolute Gasteiger partial charge is 0.416 e. The van der Waals surface area contributed by atoms with Gasteiger partial charge in [-0.3, -0.25) is 9.78 Å². The van der Waals surface area contributed by atoms with Gasteiger partial charge in [0.1, 0.15) is 11.1 Å². The van der Waals surface area contributed by atoms with Crippen LogP contribution in [0, 0.1) is 0 Å².